The van der Waals surface area contributed by atoms with E-state index < -0.39 is 5.97 Å². The monoisotopic (exact) mass is 204 g/mol. The SMILES string of the molecule is CC(=O)N1CCc2cc(C(=O)[O-])ccc21. The van der Waals surface area contributed by atoms with Crippen molar-refractivity contribution in [3.8, 4) is 0 Å². The summed E-state index contributed by atoms with van der Waals surface area (Å²) in [5.74, 6) is -1.20. The van der Waals surface area contributed by atoms with Gasteiger partial charge in [0.15, 0.2) is 0 Å². The Hall–Kier alpha value is -1.84. The molecule has 1 aromatic carbocycles. The van der Waals surface area contributed by atoms with Gasteiger partial charge in [0.25, 0.3) is 0 Å². The number of anilines is 1. The Balaban J connectivity index is 2.42. The predicted octanol–water partition coefficient (Wildman–Crippen LogP) is -0.0409. The van der Waals surface area contributed by atoms with Crippen LogP contribution in [-0.4, -0.2) is 18.4 Å². The number of rotatable bonds is 1. The summed E-state index contributed by atoms with van der Waals surface area (Å²) in [6.45, 7) is 2.13. The van der Waals surface area contributed by atoms with Crippen molar-refractivity contribution in [2.75, 3.05) is 11.4 Å². The maximum Gasteiger partial charge on any atom is 0.223 e. The molecule has 0 radical (unpaired) electrons. The molecule has 0 bridgehead atoms. The van der Waals surface area contributed by atoms with Crippen LogP contribution in [0.3, 0.4) is 0 Å². The molecule has 1 amide bonds. The van der Waals surface area contributed by atoms with Crippen LogP contribution in [0.1, 0.15) is 22.8 Å². The Bertz CT molecular complexity index is 439. The Morgan fingerprint density at radius 3 is 2.73 bits per heavy atom. The van der Waals surface area contributed by atoms with Gasteiger partial charge in [0.1, 0.15) is 0 Å². The van der Waals surface area contributed by atoms with Crippen molar-refractivity contribution in [1.82, 2.24) is 0 Å². The smallest absolute Gasteiger partial charge is 0.223 e. The maximum absolute atomic E-state index is 11.2. The number of fused-ring (bicyclic) bond motifs is 1. The number of nitrogens with zero attached hydrogens (tertiary/aromatic N) is 1. The highest BCUT2D eigenvalue weighted by Gasteiger charge is 2.21. The van der Waals surface area contributed by atoms with Gasteiger partial charge in [-0.3, -0.25) is 4.79 Å². The summed E-state index contributed by atoms with van der Waals surface area (Å²) < 4.78 is 0. The molecule has 1 heterocycles. The van der Waals surface area contributed by atoms with E-state index in [1.165, 1.54) is 13.0 Å². The third-order valence-electron chi connectivity index (χ3n) is 2.59. The van der Waals surface area contributed by atoms with Crippen LogP contribution in [0.5, 0.6) is 0 Å². The number of carbonyl (C=O) groups excluding carboxylic acids is 2. The van der Waals surface area contributed by atoms with E-state index >= 15 is 0 Å². The number of carbonyl (C=O) groups is 2. The normalized spacial score (nSPS) is 13.8. The highest BCUT2D eigenvalue weighted by Crippen LogP contribution is 2.28. The Morgan fingerprint density at radius 1 is 1.40 bits per heavy atom. The molecule has 1 aliphatic rings. The Kier molecular flexibility index (Phi) is 2.19. The molecule has 1 aliphatic heterocycles. The molecule has 0 spiro atoms. The average Bonchev–Trinajstić information content (AvgIpc) is 2.59. The van der Waals surface area contributed by atoms with Crippen molar-refractivity contribution in [1.29, 1.82) is 0 Å². The van der Waals surface area contributed by atoms with Crippen LogP contribution in [0.25, 0.3) is 0 Å². The van der Waals surface area contributed by atoms with Crippen LogP contribution >= 0.6 is 0 Å². The third kappa shape index (κ3) is 1.58. The van der Waals surface area contributed by atoms with Gasteiger partial charge in [-0.05, 0) is 29.7 Å². The molecule has 4 heteroatoms. The van der Waals surface area contributed by atoms with Gasteiger partial charge in [0.05, 0.1) is 5.97 Å². The van der Waals surface area contributed by atoms with Gasteiger partial charge in [0.2, 0.25) is 5.91 Å². The first kappa shape index (κ1) is 9.71. The minimum atomic E-state index is -1.18. The van der Waals surface area contributed by atoms with E-state index in [2.05, 4.69) is 0 Å². The molecule has 0 fully saturated rings. The first-order chi connectivity index (χ1) is 7.09. The molecule has 2 rings (SSSR count). The lowest BCUT2D eigenvalue weighted by Crippen LogP contribution is -2.26. The zero-order chi connectivity index (χ0) is 11.0. The summed E-state index contributed by atoms with van der Waals surface area (Å²) >= 11 is 0. The highest BCUT2D eigenvalue weighted by atomic mass is 16.4. The number of amides is 1. The van der Waals surface area contributed by atoms with Gasteiger partial charge in [-0.15, -0.1) is 0 Å². The molecule has 78 valence electrons. The lowest BCUT2D eigenvalue weighted by atomic mass is 10.1. The molecule has 0 N–H and O–H groups in total. The number of carboxylic acids is 1. The molecule has 0 saturated carbocycles. The molecule has 0 atom stereocenters. The summed E-state index contributed by atoms with van der Waals surface area (Å²) in [5, 5.41) is 10.6. The second kappa shape index (κ2) is 3.38. The van der Waals surface area contributed by atoms with Crippen molar-refractivity contribution in [3.05, 3.63) is 29.3 Å². The molecule has 0 aromatic heterocycles. The van der Waals surface area contributed by atoms with Crippen molar-refractivity contribution in [3.63, 3.8) is 0 Å². The van der Waals surface area contributed by atoms with Gasteiger partial charge < -0.3 is 14.8 Å². The first-order valence-electron chi connectivity index (χ1n) is 4.72. The summed E-state index contributed by atoms with van der Waals surface area (Å²) in [7, 11) is 0. The van der Waals surface area contributed by atoms with Crippen molar-refractivity contribution in [2.24, 2.45) is 0 Å². The van der Waals surface area contributed by atoms with Crippen LogP contribution in [0.2, 0.25) is 0 Å². The van der Waals surface area contributed by atoms with Gasteiger partial charge in [-0.1, -0.05) is 6.07 Å². The summed E-state index contributed by atoms with van der Waals surface area (Å²) in [6, 6.07) is 4.71. The second-order valence-electron chi connectivity index (χ2n) is 3.55. The fourth-order valence-corrected chi connectivity index (χ4v) is 1.86. The molecule has 4 nitrogen and oxygen atoms in total. The molecule has 0 saturated heterocycles. The molecule has 0 unspecified atom stereocenters. The number of hydrogen-bond donors (Lipinski definition) is 0. The lowest BCUT2D eigenvalue weighted by molar-refractivity contribution is -0.255. The molecular weight excluding hydrogens is 194 g/mol. The average molecular weight is 204 g/mol. The van der Waals surface area contributed by atoms with Crippen molar-refractivity contribution in [2.45, 2.75) is 13.3 Å². The minimum Gasteiger partial charge on any atom is -0.545 e. The van der Waals surface area contributed by atoms with Gasteiger partial charge in [-0.2, -0.15) is 0 Å². The van der Waals surface area contributed by atoms with Crippen LogP contribution in [0.15, 0.2) is 18.2 Å². The predicted molar refractivity (Wildman–Crippen MR) is 52.5 cm³/mol. The molecular formula is C11H10NO3-. The second-order valence-corrected chi connectivity index (χ2v) is 3.55. The van der Waals surface area contributed by atoms with E-state index in [0.717, 1.165) is 11.3 Å². The van der Waals surface area contributed by atoms with Crippen LogP contribution < -0.4 is 10.0 Å². The lowest BCUT2D eigenvalue weighted by Gasteiger charge is -2.14. The quantitative estimate of drug-likeness (QED) is 0.644. The fraction of sp³-hybridized carbons (Fsp3) is 0.273. The van der Waals surface area contributed by atoms with E-state index in [-0.39, 0.29) is 11.5 Å². The third-order valence-corrected chi connectivity index (χ3v) is 2.59. The van der Waals surface area contributed by atoms with Crippen molar-refractivity contribution < 1.29 is 14.7 Å². The minimum absolute atomic E-state index is 0.0186. The largest absolute Gasteiger partial charge is 0.545 e. The standard InChI is InChI=1S/C11H11NO3/c1-7(13)12-5-4-8-6-9(11(14)15)2-3-10(8)12/h2-3,6H,4-5H2,1H3,(H,14,15)/p-1. The number of hydrogen-bond acceptors (Lipinski definition) is 3. The summed E-state index contributed by atoms with van der Waals surface area (Å²) in [6.07, 6.45) is 0.704. The first-order valence-corrected chi connectivity index (χ1v) is 4.72. The van der Waals surface area contributed by atoms with E-state index in [1.54, 1.807) is 17.0 Å². The van der Waals surface area contributed by atoms with Gasteiger partial charge in [-0.25, -0.2) is 0 Å². The zero-order valence-electron chi connectivity index (χ0n) is 8.32. The van der Waals surface area contributed by atoms with Crippen LogP contribution in [-0.2, 0) is 11.2 Å². The Morgan fingerprint density at radius 2 is 2.13 bits per heavy atom. The van der Waals surface area contributed by atoms with Gasteiger partial charge in [0, 0.05) is 19.2 Å². The van der Waals surface area contributed by atoms with Gasteiger partial charge >= 0.3 is 0 Å². The maximum atomic E-state index is 11.2. The number of carboxylic acid groups (broad SMARTS) is 1. The molecule has 1 aromatic rings. The van der Waals surface area contributed by atoms with E-state index in [0.29, 0.717) is 13.0 Å². The number of benzene rings is 1. The van der Waals surface area contributed by atoms with E-state index in [1.807, 2.05) is 0 Å². The van der Waals surface area contributed by atoms with E-state index in [4.69, 9.17) is 0 Å². The number of aromatic carboxylic acids is 1. The molecule has 0 aliphatic carbocycles. The van der Waals surface area contributed by atoms with Crippen LogP contribution in [0, 0.1) is 0 Å². The van der Waals surface area contributed by atoms with Crippen molar-refractivity contribution >= 4 is 17.6 Å². The topological polar surface area (TPSA) is 60.4 Å². The van der Waals surface area contributed by atoms with E-state index in [9.17, 15) is 14.7 Å². The highest BCUT2D eigenvalue weighted by molar-refractivity contribution is 5.95. The Labute approximate surface area is 87.1 Å². The summed E-state index contributed by atoms with van der Waals surface area (Å²) in [4.78, 5) is 23.5. The van der Waals surface area contributed by atoms with Crippen LogP contribution in [0.4, 0.5) is 5.69 Å². The molecule has 15 heavy (non-hydrogen) atoms. The zero-order valence-corrected chi connectivity index (χ0v) is 8.32. The summed E-state index contributed by atoms with van der Waals surface area (Å²) in [5.41, 5.74) is 1.87. The fourth-order valence-electron chi connectivity index (χ4n) is 1.86.